The SMILES string of the molecule is Cn1cccc1/C=C1/SC(=Nc2ccncc2Cl)N(c2ccccc2)C1=O. The molecular weight excluding hydrogens is 380 g/mol. The maximum absolute atomic E-state index is 13.1. The summed E-state index contributed by atoms with van der Waals surface area (Å²) in [6.07, 6.45) is 6.98. The summed E-state index contributed by atoms with van der Waals surface area (Å²) in [5.74, 6) is -0.115. The molecule has 0 saturated carbocycles. The molecule has 0 bridgehead atoms. The van der Waals surface area contributed by atoms with E-state index in [0.29, 0.717) is 20.8 Å². The highest BCUT2D eigenvalue weighted by atomic mass is 35.5. The molecule has 1 amide bonds. The Hall–Kier alpha value is -2.83. The minimum Gasteiger partial charge on any atom is -0.351 e. The van der Waals surface area contributed by atoms with Crippen LogP contribution in [-0.2, 0) is 11.8 Å². The summed E-state index contributed by atoms with van der Waals surface area (Å²) < 4.78 is 1.96. The average Bonchev–Trinajstić information content (AvgIpc) is 3.21. The number of pyridine rings is 1. The summed E-state index contributed by atoms with van der Waals surface area (Å²) in [5, 5.41) is 0.991. The highest BCUT2D eigenvalue weighted by molar-refractivity contribution is 8.19. The van der Waals surface area contributed by atoms with E-state index in [2.05, 4.69) is 9.98 Å². The number of halogens is 1. The molecule has 0 unspecified atom stereocenters. The topological polar surface area (TPSA) is 50.5 Å². The summed E-state index contributed by atoms with van der Waals surface area (Å²) in [6.45, 7) is 0. The molecule has 27 heavy (non-hydrogen) atoms. The van der Waals surface area contributed by atoms with Gasteiger partial charge in [-0.15, -0.1) is 0 Å². The second-order valence-corrected chi connectivity index (χ2v) is 7.27. The lowest BCUT2D eigenvalue weighted by Crippen LogP contribution is -2.28. The maximum atomic E-state index is 13.1. The van der Waals surface area contributed by atoms with Crippen LogP contribution in [0.2, 0.25) is 5.02 Å². The summed E-state index contributed by atoms with van der Waals surface area (Å²) in [7, 11) is 1.94. The third-order valence-corrected chi connectivity index (χ3v) is 5.31. The van der Waals surface area contributed by atoms with Crippen LogP contribution in [0.3, 0.4) is 0 Å². The van der Waals surface area contributed by atoms with E-state index < -0.39 is 0 Å². The van der Waals surface area contributed by atoms with Crippen molar-refractivity contribution >= 4 is 51.9 Å². The molecule has 5 nitrogen and oxygen atoms in total. The first-order chi connectivity index (χ1) is 13.1. The van der Waals surface area contributed by atoms with Gasteiger partial charge in [0.2, 0.25) is 0 Å². The third-order valence-electron chi connectivity index (χ3n) is 4.05. The van der Waals surface area contributed by atoms with Crippen LogP contribution in [0.1, 0.15) is 5.69 Å². The van der Waals surface area contributed by atoms with Gasteiger partial charge in [0.1, 0.15) is 0 Å². The van der Waals surface area contributed by atoms with Crippen molar-refractivity contribution in [3.8, 4) is 0 Å². The molecule has 0 radical (unpaired) electrons. The van der Waals surface area contributed by atoms with Gasteiger partial charge in [-0.2, -0.15) is 0 Å². The zero-order chi connectivity index (χ0) is 18.8. The van der Waals surface area contributed by atoms with Crippen LogP contribution in [0.4, 0.5) is 11.4 Å². The summed E-state index contributed by atoms with van der Waals surface area (Å²) in [6, 6.07) is 15.1. The number of nitrogens with zero attached hydrogens (tertiary/aromatic N) is 4. The molecule has 0 N–H and O–H groups in total. The number of amidine groups is 1. The summed E-state index contributed by atoms with van der Waals surface area (Å²) in [5.41, 5.74) is 2.28. The van der Waals surface area contributed by atoms with Gasteiger partial charge >= 0.3 is 0 Å². The van der Waals surface area contributed by atoms with Gasteiger partial charge in [0.05, 0.1) is 21.3 Å². The Balaban J connectivity index is 1.80. The molecule has 2 aromatic heterocycles. The Morgan fingerprint density at radius 1 is 1.15 bits per heavy atom. The number of hydrogen-bond donors (Lipinski definition) is 0. The van der Waals surface area contributed by atoms with Crippen molar-refractivity contribution in [2.24, 2.45) is 12.0 Å². The second-order valence-electron chi connectivity index (χ2n) is 5.85. The van der Waals surface area contributed by atoms with Gasteiger partial charge in [-0.05, 0) is 48.2 Å². The number of carbonyl (C=O) groups excluding carboxylic acids is 1. The van der Waals surface area contributed by atoms with Crippen LogP contribution in [0.25, 0.3) is 6.08 Å². The van der Waals surface area contributed by atoms with Crippen LogP contribution in [-0.4, -0.2) is 20.6 Å². The number of para-hydroxylation sites is 1. The van der Waals surface area contributed by atoms with Crippen molar-refractivity contribution < 1.29 is 4.79 Å². The van der Waals surface area contributed by atoms with E-state index >= 15 is 0 Å². The number of aromatic nitrogens is 2. The second kappa shape index (κ2) is 7.42. The number of anilines is 1. The van der Waals surface area contributed by atoms with Gasteiger partial charge in [0, 0.05) is 31.3 Å². The lowest BCUT2D eigenvalue weighted by molar-refractivity contribution is -0.113. The predicted octanol–water partition coefficient (Wildman–Crippen LogP) is 4.88. The highest BCUT2D eigenvalue weighted by Gasteiger charge is 2.35. The van der Waals surface area contributed by atoms with E-state index in [9.17, 15) is 4.79 Å². The van der Waals surface area contributed by atoms with E-state index in [1.807, 2.05) is 66.4 Å². The predicted molar refractivity (Wildman–Crippen MR) is 111 cm³/mol. The smallest absolute Gasteiger partial charge is 0.271 e. The van der Waals surface area contributed by atoms with E-state index in [-0.39, 0.29) is 5.91 Å². The molecule has 1 aromatic carbocycles. The Morgan fingerprint density at radius 2 is 1.96 bits per heavy atom. The number of hydrogen-bond acceptors (Lipinski definition) is 4. The molecule has 134 valence electrons. The lowest BCUT2D eigenvalue weighted by atomic mass is 10.3. The molecule has 3 aromatic rings. The van der Waals surface area contributed by atoms with Crippen molar-refractivity contribution in [2.75, 3.05) is 4.90 Å². The number of carbonyl (C=O) groups is 1. The molecule has 1 fully saturated rings. The van der Waals surface area contributed by atoms with E-state index in [1.165, 1.54) is 18.0 Å². The third kappa shape index (κ3) is 3.54. The quantitative estimate of drug-likeness (QED) is 0.595. The highest BCUT2D eigenvalue weighted by Crippen LogP contribution is 2.38. The van der Waals surface area contributed by atoms with E-state index in [0.717, 1.165) is 11.4 Å². The van der Waals surface area contributed by atoms with Crippen molar-refractivity contribution in [3.05, 3.63) is 82.7 Å². The van der Waals surface area contributed by atoms with Crippen LogP contribution in [0.15, 0.2) is 77.0 Å². The number of benzene rings is 1. The number of aryl methyl sites for hydroxylation is 1. The fraction of sp³-hybridized carbons (Fsp3) is 0.0500. The van der Waals surface area contributed by atoms with Crippen molar-refractivity contribution in [1.29, 1.82) is 0 Å². The Bertz CT molecular complexity index is 1060. The van der Waals surface area contributed by atoms with Gasteiger partial charge in [-0.25, -0.2) is 4.99 Å². The lowest BCUT2D eigenvalue weighted by Gasteiger charge is -2.15. The molecule has 1 aliphatic heterocycles. The first-order valence-electron chi connectivity index (χ1n) is 8.22. The monoisotopic (exact) mass is 394 g/mol. The van der Waals surface area contributed by atoms with Crippen LogP contribution < -0.4 is 4.90 Å². The largest absolute Gasteiger partial charge is 0.351 e. The van der Waals surface area contributed by atoms with Crippen LogP contribution in [0, 0.1) is 0 Å². The fourth-order valence-corrected chi connectivity index (χ4v) is 3.81. The Morgan fingerprint density at radius 3 is 2.67 bits per heavy atom. The van der Waals surface area contributed by atoms with Gasteiger partial charge < -0.3 is 4.57 Å². The Kier molecular flexibility index (Phi) is 4.83. The van der Waals surface area contributed by atoms with Gasteiger partial charge in [-0.3, -0.25) is 14.7 Å². The number of aliphatic imine (C=N–C) groups is 1. The molecule has 3 heterocycles. The maximum Gasteiger partial charge on any atom is 0.271 e. The van der Waals surface area contributed by atoms with Crippen LogP contribution >= 0.6 is 23.4 Å². The molecule has 0 aliphatic carbocycles. The first kappa shape index (κ1) is 17.6. The summed E-state index contributed by atoms with van der Waals surface area (Å²) >= 11 is 7.53. The molecule has 1 aliphatic rings. The fourth-order valence-electron chi connectivity index (χ4n) is 2.67. The van der Waals surface area contributed by atoms with Crippen molar-refractivity contribution in [3.63, 3.8) is 0 Å². The molecule has 0 spiro atoms. The molecular formula is C20H15ClN4OS. The van der Waals surface area contributed by atoms with Gasteiger partial charge in [0.15, 0.2) is 5.17 Å². The number of rotatable bonds is 3. The van der Waals surface area contributed by atoms with E-state index in [1.54, 1.807) is 17.2 Å². The molecule has 4 rings (SSSR count). The molecule has 0 atom stereocenters. The molecule has 1 saturated heterocycles. The minimum absolute atomic E-state index is 0.115. The van der Waals surface area contributed by atoms with E-state index in [4.69, 9.17) is 11.6 Å². The average molecular weight is 395 g/mol. The minimum atomic E-state index is -0.115. The Labute approximate surface area is 166 Å². The zero-order valence-electron chi connectivity index (χ0n) is 14.4. The van der Waals surface area contributed by atoms with Crippen molar-refractivity contribution in [2.45, 2.75) is 0 Å². The molecule has 7 heteroatoms. The normalized spacial score (nSPS) is 17.3. The van der Waals surface area contributed by atoms with Gasteiger partial charge in [0.25, 0.3) is 5.91 Å². The standard InChI is InChI=1S/C20H15ClN4OS/c1-24-11-5-8-15(24)12-18-19(26)25(14-6-3-2-4-7-14)20(27-18)23-17-9-10-22-13-16(17)21/h2-13H,1H3/b18-12+,23-20?. The summed E-state index contributed by atoms with van der Waals surface area (Å²) in [4.78, 5) is 24.0. The van der Waals surface area contributed by atoms with Crippen molar-refractivity contribution in [1.82, 2.24) is 9.55 Å². The number of amides is 1. The van der Waals surface area contributed by atoms with Crippen LogP contribution in [0.5, 0.6) is 0 Å². The number of thioether (sulfide) groups is 1. The zero-order valence-corrected chi connectivity index (χ0v) is 16.0. The first-order valence-corrected chi connectivity index (χ1v) is 9.41. The van der Waals surface area contributed by atoms with Gasteiger partial charge in [-0.1, -0.05) is 29.8 Å².